The van der Waals surface area contributed by atoms with E-state index in [1.807, 2.05) is 12.1 Å². The van der Waals surface area contributed by atoms with Crippen molar-refractivity contribution in [1.29, 1.82) is 0 Å². The molecule has 1 aromatic heterocycles. The van der Waals surface area contributed by atoms with Crippen molar-refractivity contribution in [2.45, 2.75) is 102 Å². The van der Waals surface area contributed by atoms with Crippen LogP contribution in [0.2, 0.25) is 0 Å². The molecule has 1 N–H and O–H groups in total. The largest absolute Gasteiger partial charge is 0.478 e. The number of aromatic carboxylic acids is 1. The SMILES string of the molecule is Cc1ccc2c(c1)N(CCC13CCC(CC1)N3Cc1ccccc1)CCn1c-2c(C2CCCCC2)c2ccc(C(=O)O)cc21. The molecule has 8 rings (SSSR count). The summed E-state index contributed by atoms with van der Waals surface area (Å²) in [4.78, 5) is 17.6. The van der Waals surface area contributed by atoms with Gasteiger partial charge in [0.05, 0.1) is 11.3 Å². The fraction of sp³-hybridized carbons (Fsp3) is 0.462. The minimum Gasteiger partial charge on any atom is -0.478 e. The van der Waals surface area contributed by atoms with Crippen molar-refractivity contribution in [3.8, 4) is 11.3 Å². The molecule has 228 valence electrons. The standard InChI is InChI=1S/C39H45N3O2/c1-27-12-14-33-34(24-27)40(21-20-39-18-16-31(17-19-39)42(39)26-28-8-4-2-5-9-28)22-23-41-35-25-30(38(43)44)13-15-32(35)36(37(33)41)29-10-6-3-7-11-29/h2,4-5,8-9,12-15,24-25,29,31H,3,6-7,10-11,16-23,26H2,1H3,(H,43,44). The molecule has 5 heteroatoms. The van der Waals surface area contributed by atoms with E-state index in [1.54, 1.807) is 0 Å². The fourth-order valence-corrected chi connectivity index (χ4v) is 9.45. The smallest absolute Gasteiger partial charge is 0.335 e. The van der Waals surface area contributed by atoms with E-state index < -0.39 is 5.97 Å². The van der Waals surface area contributed by atoms with E-state index in [9.17, 15) is 9.90 Å². The zero-order chi connectivity index (χ0) is 29.8. The molecular weight excluding hydrogens is 542 g/mol. The number of carboxylic acids is 1. The van der Waals surface area contributed by atoms with Crippen LogP contribution in [0.1, 0.15) is 97.2 Å². The first kappa shape index (κ1) is 27.9. The van der Waals surface area contributed by atoms with Crippen LogP contribution in [0.25, 0.3) is 22.2 Å². The molecule has 3 fully saturated rings. The van der Waals surface area contributed by atoms with Crippen molar-refractivity contribution >= 4 is 22.6 Å². The summed E-state index contributed by atoms with van der Waals surface area (Å²) < 4.78 is 2.49. The minimum atomic E-state index is -0.848. The monoisotopic (exact) mass is 587 g/mol. The molecule has 0 amide bonds. The van der Waals surface area contributed by atoms with Crippen LogP contribution in [0.5, 0.6) is 0 Å². The Bertz CT molecular complexity index is 1690. The van der Waals surface area contributed by atoms with E-state index in [0.29, 0.717) is 17.0 Å². The number of benzene rings is 3. The van der Waals surface area contributed by atoms with Crippen LogP contribution in [0.3, 0.4) is 0 Å². The first-order valence-corrected chi connectivity index (χ1v) is 17.1. The van der Waals surface area contributed by atoms with Crippen molar-refractivity contribution in [1.82, 2.24) is 9.47 Å². The number of nitrogens with zero attached hydrogens (tertiary/aromatic N) is 3. The third kappa shape index (κ3) is 4.67. The fourth-order valence-electron chi connectivity index (χ4n) is 9.45. The molecule has 4 aromatic rings. The van der Waals surface area contributed by atoms with Gasteiger partial charge in [-0.05, 0) is 92.7 Å². The molecule has 4 heterocycles. The Balaban J connectivity index is 1.18. The van der Waals surface area contributed by atoms with Crippen molar-refractivity contribution in [3.05, 3.63) is 89.0 Å². The summed E-state index contributed by atoms with van der Waals surface area (Å²) in [6.45, 7) is 6.15. The Hall–Kier alpha value is -3.57. The minimum absolute atomic E-state index is 0.294. The summed E-state index contributed by atoms with van der Waals surface area (Å²) in [6, 6.07) is 24.7. The number of aromatic nitrogens is 1. The molecule has 2 bridgehead atoms. The highest BCUT2D eigenvalue weighted by Crippen LogP contribution is 2.51. The van der Waals surface area contributed by atoms with Crippen LogP contribution in [0.15, 0.2) is 66.7 Å². The zero-order valence-corrected chi connectivity index (χ0v) is 26.1. The van der Waals surface area contributed by atoms with E-state index in [2.05, 4.69) is 75.9 Å². The predicted molar refractivity (Wildman–Crippen MR) is 179 cm³/mol. The molecule has 2 saturated heterocycles. The van der Waals surface area contributed by atoms with Crippen LogP contribution in [0, 0.1) is 6.92 Å². The van der Waals surface area contributed by atoms with Gasteiger partial charge in [-0.25, -0.2) is 4.79 Å². The number of rotatable bonds is 7. The molecular formula is C39H45N3O2. The number of hydrogen-bond donors (Lipinski definition) is 1. The summed E-state index contributed by atoms with van der Waals surface area (Å²) in [5.74, 6) is -0.322. The maximum Gasteiger partial charge on any atom is 0.335 e. The molecule has 5 nitrogen and oxygen atoms in total. The number of carboxylic acid groups (broad SMARTS) is 1. The Morgan fingerprint density at radius 2 is 1.70 bits per heavy atom. The molecule has 1 aliphatic carbocycles. The van der Waals surface area contributed by atoms with Crippen LogP contribution < -0.4 is 4.90 Å². The quantitative estimate of drug-likeness (QED) is 0.235. The van der Waals surface area contributed by atoms with E-state index >= 15 is 0 Å². The number of fused-ring (bicyclic) bond motifs is 7. The highest BCUT2D eigenvalue weighted by atomic mass is 16.4. The third-order valence-corrected chi connectivity index (χ3v) is 11.7. The molecule has 44 heavy (non-hydrogen) atoms. The third-order valence-electron chi connectivity index (χ3n) is 11.7. The highest BCUT2D eigenvalue weighted by Gasteiger charge is 2.51. The summed E-state index contributed by atoms with van der Waals surface area (Å²) in [5.41, 5.74) is 10.0. The second-order valence-electron chi connectivity index (χ2n) is 14.1. The summed E-state index contributed by atoms with van der Waals surface area (Å²) in [6.07, 6.45) is 12.8. The van der Waals surface area contributed by atoms with Gasteiger partial charge in [0.25, 0.3) is 0 Å². The lowest BCUT2D eigenvalue weighted by Gasteiger charge is -2.38. The van der Waals surface area contributed by atoms with Gasteiger partial charge in [-0.15, -0.1) is 0 Å². The maximum absolute atomic E-state index is 12.1. The van der Waals surface area contributed by atoms with Gasteiger partial charge < -0.3 is 14.6 Å². The van der Waals surface area contributed by atoms with Gasteiger partial charge in [-0.1, -0.05) is 67.8 Å². The predicted octanol–water partition coefficient (Wildman–Crippen LogP) is 8.77. The first-order chi connectivity index (χ1) is 21.5. The molecule has 4 aliphatic rings. The van der Waals surface area contributed by atoms with E-state index in [1.165, 1.54) is 103 Å². The Labute approximate surface area is 261 Å². The van der Waals surface area contributed by atoms with Gasteiger partial charge in [-0.3, -0.25) is 4.90 Å². The summed E-state index contributed by atoms with van der Waals surface area (Å²) in [5, 5.41) is 11.2. The molecule has 3 aromatic carbocycles. The second kappa shape index (κ2) is 11.1. The van der Waals surface area contributed by atoms with Crippen LogP contribution in [-0.2, 0) is 13.1 Å². The molecule has 3 aliphatic heterocycles. The van der Waals surface area contributed by atoms with Gasteiger partial charge in [-0.2, -0.15) is 0 Å². The van der Waals surface area contributed by atoms with E-state index in [4.69, 9.17) is 0 Å². The average molecular weight is 588 g/mol. The Morgan fingerprint density at radius 3 is 2.48 bits per heavy atom. The van der Waals surface area contributed by atoms with Gasteiger partial charge in [0, 0.05) is 59.9 Å². The zero-order valence-electron chi connectivity index (χ0n) is 26.1. The van der Waals surface area contributed by atoms with Gasteiger partial charge in [0.1, 0.15) is 0 Å². The lowest BCUT2D eigenvalue weighted by atomic mass is 9.81. The molecule has 0 spiro atoms. The average Bonchev–Trinajstić information content (AvgIpc) is 3.64. The highest BCUT2D eigenvalue weighted by molar-refractivity contribution is 5.99. The summed E-state index contributed by atoms with van der Waals surface area (Å²) >= 11 is 0. The van der Waals surface area contributed by atoms with Gasteiger partial charge in [0.2, 0.25) is 0 Å². The lowest BCUT2D eigenvalue weighted by molar-refractivity contribution is 0.0697. The van der Waals surface area contributed by atoms with E-state index in [-0.39, 0.29) is 0 Å². The summed E-state index contributed by atoms with van der Waals surface area (Å²) in [7, 11) is 0. The number of anilines is 1. The molecule has 1 saturated carbocycles. The maximum atomic E-state index is 12.1. The van der Waals surface area contributed by atoms with Crippen molar-refractivity contribution in [2.24, 2.45) is 0 Å². The van der Waals surface area contributed by atoms with E-state index in [0.717, 1.165) is 37.7 Å². The van der Waals surface area contributed by atoms with Crippen LogP contribution in [0.4, 0.5) is 5.69 Å². The number of hydrogen-bond acceptors (Lipinski definition) is 3. The molecule has 0 unspecified atom stereocenters. The molecule has 0 atom stereocenters. The van der Waals surface area contributed by atoms with Crippen molar-refractivity contribution in [2.75, 3.05) is 18.0 Å². The topological polar surface area (TPSA) is 48.7 Å². The van der Waals surface area contributed by atoms with Crippen molar-refractivity contribution < 1.29 is 9.90 Å². The van der Waals surface area contributed by atoms with Crippen LogP contribution >= 0.6 is 0 Å². The normalized spacial score (nSPS) is 23.6. The first-order valence-electron chi connectivity index (χ1n) is 17.1. The van der Waals surface area contributed by atoms with Gasteiger partial charge >= 0.3 is 5.97 Å². The van der Waals surface area contributed by atoms with Crippen LogP contribution in [-0.4, -0.2) is 45.2 Å². The van der Waals surface area contributed by atoms with Crippen molar-refractivity contribution in [3.63, 3.8) is 0 Å². The molecule has 0 radical (unpaired) electrons. The second-order valence-corrected chi connectivity index (χ2v) is 14.1. The lowest BCUT2D eigenvalue weighted by Crippen LogP contribution is -2.43. The number of aryl methyl sites for hydroxylation is 1. The van der Waals surface area contributed by atoms with Gasteiger partial charge in [0.15, 0.2) is 0 Å². The number of carbonyl (C=O) groups is 1. The Morgan fingerprint density at radius 1 is 0.909 bits per heavy atom. The Kier molecular flexibility index (Phi) is 7.05.